The summed E-state index contributed by atoms with van der Waals surface area (Å²) in [5.41, 5.74) is 7.83. The summed E-state index contributed by atoms with van der Waals surface area (Å²) in [4.78, 5) is 0. The van der Waals surface area contributed by atoms with Crippen LogP contribution in [0.5, 0.6) is 0 Å². The van der Waals surface area contributed by atoms with Crippen LogP contribution in [0, 0.1) is 5.92 Å². The van der Waals surface area contributed by atoms with Crippen molar-refractivity contribution < 1.29 is 0 Å². The molecule has 0 amide bonds. The summed E-state index contributed by atoms with van der Waals surface area (Å²) in [6, 6.07) is 8.07. The second-order valence-electron chi connectivity index (χ2n) is 4.81. The monoisotopic (exact) mass is 220 g/mol. The van der Waals surface area contributed by atoms with E-state index in [9.17, 15) is 0 Å². The Bertz CT molecular complexity index is 295. The minimum atomic E-state index is 0.828. The molecule has 2 nitrogen and oxygen atoms in total. The van der Waals surface area contributed by atoms with Gasteiger partial charge in [0.25, 0.3) is 0 Å². The van der Waals surface area contributed by atoms with E-state index in [1.165, 1.54) is 24.8 Å². The molecule has 0 bridgehead atoms. The van der Waals surface area contributed by atoms with Crippen molar-refractivity contribution in [2.24, 2.45) is 5.92 Å². The number of nitrogen functional groups attached to an aromatic ring is 1. The predicted molar refractivity (Wildman–Crippen MR) is 71.3 cm³/mol. The zero-order valence-electron chi connectivity index (χ0n) is 10.5. The van der Waals surface area contributed by atoms with Crippen LogP contribution >= 0.6 is 0 Å². The molecule has 0 radical (unpaired) electrons. The summed E-state index contributed by atoms with van der Waals surface area (Å²) < 4.78 is 0. The van der Waals surface area contributed by atoms with Gasteiger partial charge in [-0.15, -0.1) is 0 Å². The first kappa shape index (κ1) is 13.0. The van der Waals surface area contributed by atoms with Gasteiger partial charge in [0, 0.05) is 12.2 Å². The number of unbranched alkanes of at least 4 members (excludes halogenated alkanes) is 1. The predicted octanol–water partition coefficient (Wildman–Crippen LogP) is 3.18. The first-order valence-corrected chi connectivity index (χ1v) is 6.23. The van der Waals surface area contributed by atoms with Crippen molar-refractivity contribution in [3.05, 3.63) is 29.8 Å². The number of nitrogens with two attached hydrogens (primary N) is 1. The van der Waals surface area contributed by atoms with E-state index < -0.39 is 0 Å². The summed E-state index contributed by atoms with van der Waals surface area (Å²) in [7, 11) is 0. The molecule has 0 saturated heterocycles. The van der Waals surface area contributed by atoms with Crippen LogP contribution in [0.25, 0.3) is 0 Å². The van der Waals surface area contributed by atoms with E-state index >= 15 is 0 Å². The molecule has 0 spiro atoms. The molecule has 0 aliphatic carbocycles. The zero-order chi connectivity index (χ0) is 11.8. The van der Waals surface area contributed by atoms with E-state index in [-0.39, 0.29) is 0 Å². The topological polar surface area (TPSA) is 38.0 Å². The Kier molecular flexibility index (Phi) is 5.94. The molecule has 0 heterocycles. The highest BCUT2D eigenvalue weighted by atomic mass is 14.8. The number of hydrogen-bond acceptors (Lipinski definition) is 2. The second-order valence-corrected chi connectivity index (χ2v) is 4.81. The average Bonchev–Trinajstić information content (AvgIpc) is 2.23. The number of hydrogen-bond donors (Lipinski definition) is 2. The van der Waals surface area contributed by atoms with Crippen LogP contribution in [0.15, 0.2) is 24.3 Å². The lowest BCUT2D eigenvalue weighted by Gasteiger charge is -2.06. The molecule has 0 saturated carbocycles. The molecular formula is C14H24N2. The van der Waals surface area contributed by atoms with Crippen molar-refractivity contribution in [1.82, 2.24) is 5.32 Å². The van der Waals surface area contributed by atoms with Gasteiger partial charge in [-0.05, 0) is 36.6 Å². The van der Waals surface area contributed by atoms with E-state index in [2.05, 4.69) is 25.2 Å². The molecule has 0 atom stereocenters. The van der Waals surface area contributed by atoms with E-state index in [4.69, 9.17) is 5.73 Å². The number of nitrogens with one attached hydrogen (secondary N) is 1. The van der Waals surface area contributed by atoms with Crippen molar-refractivity contribution >= 4 is 5.69 Å². The molecule has 3 N–H and O–H groups in total. The highest BCUT2D eigenvalue weighted by Gasteiger charge is 1.95. The molecule has 0 aliphatic heterocycles. The quantitative estimate of drug-likeness (QED) is 0.547. The summed E-state index contributed by atoms with van der Waals surface area (Å²) in [6.07, 6.45) is 3.92. The van der Waals surface area contributed by atoms with Gasteiger partial charge in [0.2, 0.25) is 0 Å². The highest BCUT2D eigenvalue weighted by Crippen LogP contribution is 2.07. The van der Waals surface area contributed by atoms with Crippen LogP contribution in [-0.4, -0.2) is 6.54 Å². The second kappa shape index (κ2) is 7.29. The minimum Gasteiger partial charge on any atom is -0.399 e. The van der Waals surface area contributed by atoms with Crippen LogP contribution in [0.2, 0.25) is 0 Å². The molecule has 0 aromatic heterocycles. The highest BCUT2D eigenvalue weighted by molar-refractivity contribution is 5.40. The third-order valence-electron chi connectivity index (χ3n) is 2.67. The van der Waals surface area contributed by atoms with Crippen LogP contribution in [0.3, 0.4) is 0 Å². The molecule has 0 fully saturated rings. The molecule has 90 valence electrons. The molecule has 16 heavy (non-hydrogen) atoms. The van der Waals surface area contributed by atoms with E-state index in [0.29, 0.717) is 0 Å². The van der Waals surface area contributed by atoms with Gasteiger partial charge in [-0.25, -0.2) is 0 Å². The van der Waals surface area contributed by atoms with Crippen LogP contribution in [0.1, 0.15) is 38.7 Å². The fraction of sp³-hybridized carbons (Fsp3) is 0.571. The van der Waals surface area contributed by atoms with Gasteiger partial charge in [-0.2, -0.15) is 0 Å². The van der Waals surface area contributed by atoms with Gasteiger partial charge in [-0.1, -0.05) is 38.8 Å². The zero-order valence-corrected chi connectivity index (χ0v) is 10.5. The van der Waals surface area contributed by atoms with Crippen molar-refractivity contribution in [1.29, 1.82) is 0 Å². The van der Waals surface area contributed by atoms with Crippen LogP contribution in [0.4, 0.5) is 5.69 Å². The lowest BCUT2D eigenvalue weighted by molar-refractivity contribution is 0.520. The van der Waals surface area contributed by atoms with Gasteiger partial charge in [-0.3, -0.25) is 0 Å². The first-order valence-electron chi connectivity index (χ1n) is 6.23. The Balaban J connectivity index is 2.07. The minimum absolute atomic E-state index is 0.828. The van der Waals surface area contributed by atoms with E-state index in [1.807, 2.05) is 18.2 Å². The summed E-state index contributed by atoms with van der Waals surface area (Å²) in [5, 5.41) is 3.45. The largest absolute Gasteiger partial charge is 0.399 e. The smallest absolute Gasteiger partial charge is 0.0317 e. The third-order valence-corrected chi connectivity index (χ3v) is 2.67. The van der Waals surface area contributed by atoms with Crippen molar-refractivity contribution in [2.45, 2.75) is 39.7 Å². The number of benzene rings is 1. The molecule has 0 unspecified atom stereocenters. The standard InChI is InChI=1S/C14H24N2/c1-12(2)6-3-4-9-16-11-13-7-5-8-14(15)10-13/h5,7-8,10,12,16H,3-4,6,9,11,15H2,1-2H3. The lowest BCUT2D eigenvalue weighted by Crippen LogP contribution is -2.14. The number of anilines is 1. The SMILES string of the molecule is CC(C)CCCCNCc1cccc(N)c1. The molecule has 1 rings (SSSR count). The van der Waals surface area contributed by atoms with Gasteiger partial charge < -0.3 is 11.1 Å². The van der Waals surface area contributed by atoms with Crippen molar-refractivity contribution in [3.63, 3.8) is 0 Å². The normalized spacial score (nSPS) is 10.9. The Morgan fingerprint density at radius 3 is 2.75 bits per heavy atom. The maximum Gasteiger partial charge on any atom is 0.0317 e. The Hall–Kier alpha value is -1.02. The van der Waals surface area contributed by atoms with Crippen LogP contribution in [-0.2, 0) is 6.54 Å². The van der Waals surface area contributed by atoms with Gasteiger partial charge in [0.05, 0.1) is 0 Å². The molecular weight excluding hydrogens is 196 g/mol. The summed E-state index contributed by atoms with van der Waals surface area (Å²) in [6.45, 7) is 6.58. The fourth-order valence-electron chi connectivity index (χ4n) is 1.74. The van der Waals surface area contributed by atoms with E-state index in [1.54, 1.807) is 0 Å². The molecule has 1 aromatic carbocycles. The summed E-state index contributed by atoms with van der Waals surface area (Å²) >= 11 is 0. The molecule has 2 heteroatoms. The third kappa shape index (κ3) is 5.76. The van der Waals surface area contributed by atoms with Gasteiger partial charge in [0.15, 0.2) is 0 Å². The average molecular weight is 220 g/mol. The Morgan fingerprint density at radius 1 is 1.25 bits per heavy atom. The maximum atomic E-state index is 5.72. The maximum absolute atomic E-state index is 5.72. The molecule has 1 aromatic rings. The van der Waals surface area contributed by atoms with Crippen molar-refractivity contribution in [3.8, 4) is 0 Å². The fourth-order valence-corrected chi connectivity index (χ4v) is 1.74. The Morgan fingerprint density at radius 2 is 2.06 bits per heavy atom. The number of rotatable bonds is 7. The molecule has 0 aliphatic rings. The first-order chi connectivity index (χ1) is 7.68. The van der Waals surface area contributed by atoms with Crippen LogP contribution < -0.4 is 11.1 Å². The van der Waals surface area contributed by atoms with Crippen molar-refractivity contribution in [2.75, 3.05) is 12.3 Å². The lowest BCUT2D eigenvalue weighted by atomic mass is 10.1. The Labute approximate surface area is 99.2 Å². The summed E-state index contributed by atoms with van der Waals surface area (Å²) in [5.74, 6) is 0.828. The van der Waals surface area contributed by atoms with E-state index in [0.717, 1.165) is 24.7 Å². The van der Waals surface area contributed by atoms with Gasteiger partial charge >= 0.3 is 0 Å². The van der Waals surface area contributed by atoms with Gasteiger partial charge in [0.1, 0.15) is 0 Å².